The van der Waals surface area contributed by atoms with Gasteiger partial charge in [-0.15, -0.1) is 0 Å². The summed E-state index contributed by atoms with van der Waals surface area (Å²) in [5.41, 5.74) is 7.22. The molecule has 0 saturated carbocycles. The summed E-state index contributed by atoms with van der Waals surface area (Å²) in [5, 5.41) is 3.25. The van der Waals surface area contributed by atoms with Crippen molar-refractivity contribution in [2.24, 2.45) is 5.41 Å². The summed E-state index contributed by atoms with van der Waals surface area (Å²) in [5.74, 6) is 0.0256. The van der Waals surface area contributed by atoms with Gasteiger partial charge < -0.3 is 9.72 Å². The second-order valence-corrected chi connectivity index (χ2v) is 10.4. The lowest BCUT2D eigenvalue weighted by atomic mass is 9.81. The van der Waals surface area contributed by atoms with Gasteiger partial charge in [0.15, 0.2) is 0 Å². The van der Waals surface area contributed by atoms with E-state index >= 15 is 0 Å². The van der Waals surface area contributed by atoms with Crippen LogP contribution in [0.3, 0.4) is 0 Å². The molecule has 3 aromatic rings. The highest BCUT2D eigenvalue weighted by Crippen LogP contribution is 2.29. The average Bonchev–Trinajstić information content (AvgIpc) is 2.94. The molecule has 4 heteroatoms. The molecule has 1 amide bonds. The summed E-state index contributed by atoms with van der Waals surface area (Å²) >= 11 is 0. The molecule has 3 rings (SSSR count). The van der Waals surface area contributed by atoms with E-state index in [1.165, 1.54) is 11.1 Å². The number of nitrogens with one attached hydrogen (secondary N) is 1. The van der Waals surface area contributed by atoms with Gasteiger partial charge in [-0.2, -0.15) is 0 Å². The molecule has 0 radical (unpaired) electrons. The summed E-state index contributed by atoms with van der Waals surface area (Å²) in [7, 11) is 0. The third-order valence-corrected chi connectivity index (χ3v) is 5.50. The number of hydrogen-bond donors (Lipinski definition) is 1. The zero-order chi connectivity index (χ0) is 22.3. The Kier molecular flexibility index (Phi) is 5.81. The highest BCUT2D eigenvalue weighted by molar-refractivity contribution is 5.82. The maximum absolute atomic E-state index is 13.1. The van der Waals surface area contributed by atoms with Gasteiger partial charge in [0.05, 0.1) is 17.8 Å². The van der Waals surface area contributed by atoms with Crippen molar-refractivity contribution >= 4 is 11.6 Å². The molecule has 160 valence electrons. The van der Waals surface area contributed by atoms with Crippen molar-refractivity contribution in [3.05, 3.63) is 58.9 Å². The van der Waals surface area contributed by atoms with Gasteiger partial charge in [0.2, 0.25) is 5.91 Å². The second kappa shape index (κ2) is 7.90. The van der Waals surface area contributed by atoms with E-state index in [2.05, 4.69) is 89.4 Å². The zero-order valence-electron chi connectivity index (χ0n) is 19.7. The molecule has 0 unspecified atom stereocenters. The summed E-state index contributed by atoms with van der Waals surface area (Å²) < 4.78 is 2.07. The van der Waals surface area contributed by atoms with Crippen molar-refractivity contribution in [2.45, 2.75) is 73.8 Å². The molecule has 2 aromatic heterocycles. The third kappa shape index (κ3) is 4.92. The lowest BCUT2D eigenvalue weighted by Gasteiger charge is -2.33. The van der Waals surface area contributed by atoms with E-state index in [0.29, 0.717) is 6.42 Å². The monoisotopic (exact) mass is 405 g/mol. The number of carbonyl (C=O) groups is 1. The number of aromatic nitrogens is 2. The maximum atomic E-state index is 13.1. The SMILES string of the molecule is Cc1ccc(-c2nc3c(C)cccn3c2CC(=O)NC(C)(C)CC(C)(C)C)cc1C. The molecule has 0 spiro atoms. The first-order valence-corrected chi connectivity index (χ1v) is 10.7. The molecule has 1 N–H and O–H groups in total. The van der Waals surface area contributed by atoms with Crippen molar-refractivity contribution < 1.29 is 4.79 Å². The fraction of sp³-hybridized carbons (Fsp3) is 0.462. The number of nitrogens with zero attached hydrogens (tertiary/aromatic N) is 2. The summed E-state index contributed by atoms with van der Waals surface area (Å²) in [6, 6.07) is 10.5. The highest BCUT2D eigenvalue weighted by Gasteiger charge is 2.28. The fourth-order valence-corrected chi connectivity index (χ4v) is 4.49. The molecule has 0 aliphatic carbocycles. The lowest BCUT2D eigenvalue weighted by molar-refractivity contribution is -0.122. The van der Waals surface area contributed by atoms with E-state index in [1.807, 2.05) is 12.3 Å². The van der Waals surface area contributed by atoms with Crippen molar-refractivity contribution in [3.8, 4) is 11.3 Å². The zero-order valence-corrected chi connectivity index (χ0v) is 19.7. The number of benzene rings is 1. The molecule has 0 atom stereocenters. The molecular formula is C26H35N3O. The Morgan fingerprint density at radius 2 is 1.70 bits per heavy atom. The molecule has 4 nitrogen and oxygen atoms in total. The van der Waals surface area contributed by atoms with Crippen LogP contribution in [0.25, 0.3) is 16.9 Å². The molecular weight excluding hydrogens is 370 g/mol. The predicted molar refractivity (Wildman–Crippen MR) is 125 cm³/mol. The van der Waals surface area contributed by atoms with Crippen LogP contribution in [0.2, 0.25) is 0 Å². The van der Waals surface area contributed by atoms with Crippen LogP contribution in [0.5, 0.6) is 0 Å². The van der Waals surface area contributed by atoms with E-state index in [4.69, 9.17) is 4.98 Å². The first-order chi connectivity index (χ1) is 13.9. The van der Waals surface area contributed by atoms with Gasteiger partial charge in [-0.25, -0.2) is 4.98 Å². The predicted octanol–water partition coefficient (Wildman–Crippen LogP) is 5.80. The van der Waals surface area contributed by atoms with Gasteiger partial charge in [-0.1, -0.05) is 39.0 Å². The molecule has 2 heterocycles. The summed E-state index contributed by atoms with van der Waals surface area (Å²) in [6.07, 6.45) is 3.20. The van der Waals surface area contributed by atoms with Crippen molar-refractivity contribution in [1.29, 1.82) is 0 Å². The number of aryl methyl sites for hydroxylation is 3. The number of fused-ring (bicyclic) bond motifs is 1. The largest absolute Gasteiger partial charge is 0.351 e. The Morgan fingerprint density at radius 3 is 2.33 bits per heavy atom. The molecule has 0 aliphatic heterocycles. The van der Waals surface area contributed by atoms with E-state index in [1.54, 1.807) is 0 Å². The van der Waals surface area contributed by atoms with Gasteiger partial charge in [0.1, 0.15) is 5.65 Å². The number of rotatable bonds is 5. The Balaban J connectivity index is 2.01. The minimum atomic E-state index is -0.271. The van der Waals surface area contributed by atoms with Gasteiger partial charge in [0, 0.05) is 17.3 Å². The van der Waals surface area contributed by atoms with Gasteiger partial charge in [-0.3, -0.25) is 4.79 Å². The van der Waals surface area contributed by atoms with Crippen molar-refractivity contribution in [1.82, 2.24) is 14.7 Å². The first kappa shape index (κ1) is 22.1. The maximum Gasteiger partial charge on any atom is 0.226 e. The van der Waals surface area contributed by atoms with E-state index in [0.717, 1.165) is 34.6 Å². The van der Waals surface area contributed by atoms with Crippen molar-refractivity contribution in [2.75, 3.05) is 0 Å². The summed E-state index contributed by atoms with van der Waals surface area (Å²) in [6.45, 7) is 17.1. The molecule has 1 aromatic carbocycles. The van der Waals surface area contributed by atoms with Crippen LogP contribution in [0.4, 0.5) is 0 Å². The Bertz CT molecular complexity index is 1080. The van der Waals surface area contributed by atoms with Crippen LogP contribution in [-0.4, -0.2) is 20.8 Å². The normalized spacial score (nSPS) is 12.4. The number of carbonyl (C=O) groups excluding carboxylic acids is 1. The lowest BCUT2D eigenvalue weighted by Crippen LogP contribution is -2.46. The van der Waals surface area contributed by atoms with E-state index < -0.39 is 0 Å². The number of hydrogen-bond acceptors (Lipinski definition) is 2. The van der Waals surface area contributed by atoms with Crippen LogP contribution >= 0.6 is 0 Å². The molecule has 0 aliphatic rings. The molecule has 0 fully saturated rings. The topological polar surface area (TPSA) is 46.4 Å². The quantitative estimate of drug-likeness (QED) is 0.583. The fourth-order valence-electron chi connectivity index (χ4n) is 4.49. The van der Waals surface area contributed by atoms with E-state index in [9.17, 15) is 4.79 Å². The smallest absolute Gasteiger partial charge is 0.226 e. The van der Waals surface area contributed by atoms with Crippen LogP contribution in [0, 0.1) is 26.2 Å². The minimum absolute atomic E-state index is 0.0256. The average molecular weight is 406 g/mol. The first-order valence-electron chi connectivity index (χ1n) is 10.7. The second-order valence-electron chi connectivity index (χ2n) is 10.4. The standard InChI is InChI=1S/C26H35N3O/c1-17-11-12-20(14-19(17)3)23-21(29-13-9-10-18(2)24(29)27-23)15-22(30)28-26(7,8)16-25(4,5)6/h9-14H,15-16H2,1-8H3,(H,28,30). The van der Waals surface area contributed by atoms with Crippen LogP contribution in [0.1, 0.15) is 63.4 Å². The molecule has 0 saturated heterocycles. The molecule has 0 bridgehead atoms. The minimum Gasteiger partial charge on any atom is -0.351 e. The molecule has 30 heavy (non-hydrogen) atoms. The van der Waals surface area contributed by atoms with Crippen molar-refractivity contribution in [3.63, 3.8) is 0 Å². The Morgan fingerprint density at radius 1 is 1.00 bits per heavy atom. The van der Waals surface area contributed by atoms with Gasteiger partial charge in [0.25, 0.3) is 0 Å². The van der Waals surface area contributed by atoms with E-state index in [-0.39, 0.29) is 16.9 Å². The number of imidazole rings is 1. The van der Waals surface area contributed by atoms with Crippen LogP contribution in [0.15, 0.2) is 36.5 Å². The number of amides is 1. The van der Waals surface area contributed by atoms with Gasteiger partial charge in [-0.05, 0) is 75.3 Å². The number of pyridine rings is 1. The Hall–Kier alpha value is -2.62. The van der Waals surface area contributed by atoms with Crippen LogP contribution in [-0.2, 0) is 11.2 Å². The van der Waals surface area contributed by atoms with Crippen LogP contribution < -0.4 is 5.32 Å². The van der Waals surface area contributed by atoms with Gasteiger partial charge >= 0.3 is 0 Å². The highest BCUT2D eigenvalue weighted by atomic mass is 16.1. The third-order valence-electron chi connectivity index (χ3n) is 5.50. The summed E-state index contributed by atoms with van der Waals surface area (Å²) in [4.78, 5) is 18.0. The Labute approximate surface area is 180 Å².